The molecule has 0 bridgehead atoms. The molecule has 0 aliphatic rings. The van der Waals surface area contributed by atoms with Gasteiger partial charge in [-0.3, -0.25) is 0 Å². The predicted molar refractivity (Wildman–Crippen MR) is 85.9 cm³/mol. The second kappa shape index (κ2) is 8.51. The van der Waals surface area contributed by atoms with Crippen molar-refractivity contribution in [3.05, 3.63) is 71.8 Å². The van der Waals surface area contributed by atoms with Gasteiger partial charge in [0.2, 0.25) is 0 Å². The zero-order chi connectivity index (χ0) is 13.5. The Hall–Kier alpha value is -1.64. The lowest BCUT2D eigenvalue weighted by Crippen LogP contribution is -2.20. The van der Waals surface area contributed by atoms with Crippen molar-refractivity contribution in [3.63, 3.8) is 0 Å². The molecule has 0 radical (unpaired) electrons. The number of nitrogens with zero attached hydrogens (tertiary/aromatic N) is 1. The van der Waals surface area contributed by atoms with Crippen LogP contribution in [0.1, 0.15) is 30.4 Å². The predicted octanol–water partition coefficient (Wildman–Crippen LogP) is 3.49. The molecule has 108 valence electrons. The van der Waals surface area contributed by atoms with E-state index in [9.17, 15) is 0 Å². The molecule has 0 aromatic heterocycles. The van der Waals surface area contributed by atoms with Gasteiger partial charge in [0.05, 0.1) is 0 Å². The van der Waals surface area contributed by atoms with Gasteiger partial charge < -0.3 is 10.4 Å². The summed E-state index contributed by atoms with van der Waals surface area (Å²) in [4.78, 5) is 2.40. The number of benzene rings is 2. The van der Waals surface area contributed by atoms with Crippen molar-refractivity contribution in [1.29, 1.82) is 0 Å². The van der Waals surface area contributed by atoms with E-state index in [0.29, 0.717) is 5.92 Å². The van der Waals surface area contributed by atoms with Crippen LogP contribution in [0.3, 0.4) is 0 Å². The fourth-order valence-corrected chi connectivity index (χ4v) is 2.34. The fraction of sp³-hybridized carbons (Fsp3) is 0.333. The third-order valence-electron chi connectivity index (χ3n) is 3.61. The summed E-state index contributed by atoms with van der Waals surface area (Å²) >= 11 is 0. The minimum Gasteiger partial charge on any atom is -0.412 e. The van der Waals surface area contributed by atoms with Crippen LogP contribution in [-0.4, -0.2) is 24.0 Å². The molecule has 0 aliphatic carbocycles. The van der Waals surface area contributed by atoms with Gasteiger partial charge in [-0.15, -0.1) is 0 Å². The van der Waals surface area contributed by atoms with Crippen LogP contribution in [0.25, 0.3) is 0 Å². The SMILES string of the molecule is C[C@H](CCN(C)Cc1ccccc1)c1ccccc1.O. The minimum atomic E-state index is 0. The lowest BCUT2D eigenvalue weighted by atomic mass is 9.98. The fourth-order valence-electron chi connectivity index (χ4n) is 2.34. The highest BCUT2D eigenvalue weighted by molar-refractivity contribution is 5.18. The first-order valence-electron chi connectivity index (χ1n) is 7.03. The average molecular weight is 271 g/mol. The summed E-state index contributed by atoms with van der Waals surface area (Å²) < 4.78 is 0. The smallest absolute Gasteiger partial charge is 0.0230 e. The van der Waals surface area contributed by atoms with Crippen molar-refractivity contribution in [2.75, 3.05) is 13.6 Å². The lowest BCUT2D eigenvalue weighted by molar-refractivity contribution is 0.313. The van der Waals surface area contributed by atoms with E-state index in [1.807, 2.05) is 0 Å². The Kier molecular flexibility index (Phi) is 6.99. The largest absolute Gasteiger partial charge is 0.412 e. The zero-order valence-corrected chi connectivity index (χ0v) is 12.4. The summed E-state index contributed by atoms with van der Waals surface area (Å²) in [6.45, 7) is 4.47. The van der Waals surface area contributed by atoms with E-state index in [1.54, 1.807) is 0 Å². The molecule has 2 rings (SSSR count). The van der Waals surface area contributed by atoms with E-state index in [4.69, 9.17) is 0 Å². The zero-order valence-electron chi connectivity index (χ0n) is 12.4. The molecule has 2 N–H and O–H groups in total. The maximum atomic E-state index is 2.40. The van der Waals surface area contributed by atoms with E-state index in [-0.39, 0.29) is 5.48 Å². The second-order valence-electron chi connectivity index (χ2n) is 5.32. The highest BCUT2D eigenvalue weighted by Gasteiger charge is 2.07. The van der Waals surface area contributed by atoms with Crippen molar-refractivity contribution in [2.45, 2.75) is 25.8 Å². The minimum absolute atomic E-state index is 0. The number of hydrogen-bond donors (Lipinski definition) is 0. The van der Waals surface area contributed by atoms with Gasteiger partial charge in [-0.2, -0.15) is 0 Å². The quantitative estimate of drug-likeness (QED) is 0.792. The molecule has 0 saturated heterocycles. The average Bonchev–Trinajstić information content (AvgIpc) is 2.47. The Bertz CT molecular complexity index is 469. The summed E-state index contributed by atoms with van der Waals surface area (Å²) in [7, 11) is 2.20. The molecular weight excluding hydrogens is 246 g/mol. The van der Waals surface area contributed by atoms with Gasteiger partial charge in [0, 0.05) is 6.54 Å². The number of rotatable bonds is 6. The van der Waals surface area contributed by atoms with Gasteiger partial charge in [-0.05, 0) is 37.1 Å². The normalized spacial score (nSPS) is 11.9. The molecule has 0 amide bonds. The monoisotopic (exact) mass is 271 g/mol. The van der Waals surface area contributed by atoms with Crippen molar-refractivity contribution < 1.29 is 5.48 Å². The molecule has 1 atom stereocenters. The van der Waals surface area contributed by atoms with Crippen molar-refractivity contribution in [3.8, 4) is 0 Å². The first-order valence-corrected chi connectivity index (χ1v) is 7.03. The summed E-state index contributed by atoms with van der Waals surface area (Å²) in [6, 6.07) is 21.4. The van der Waals surface area contributed by atoms with Gasteiger partial charge in [-0.25, -0.2) is 0 Å². The Balaban J connectivity index is 0.00000200. The Morgan fingerprint density at radius 1 is 0.900 bits per heavy atom. The van der Waals surface area contributed by atoms with Crippen LogP contribution in [0.2, 0.25) is 0 Å². The van der Waals surface area contributed by atoms with Gasteiger partial charge >= 0.3 is 0 Å². The van der Waals surface area contributed by atoms with Crippen molar-refractivity contribution in [2.24, 2.45) is 0 Å². The maximum absolute atomic E-state index is 2.40. The van der Waals surface area contributed by atoms with Crippen LogP contribution in [0, 0.1) is 0 Å². The van der Waals surface area contributed by atoms with Crippen LogP contribution in [-0.2, 0) is 6.54 Å². The second-order valence-corrected chi connectivity index (χ2v) is 5.32. The Morgan fingerprint density at radius 3 is 2.05 bits per heavy atom. The van der Waals surface area contributed by atoms with E-state index in [1.165, 1.54) is 17.5 Å². The Morgan fingerprint density at radius 2 is 1.45 bits per heavy atom. The van der Waals surface area contributed by atoms with Crippen molar-refractivity contribution >= 4 is 0 Å². The molecule has 2 heteroatoms. The third kappa shape index (κ3) is 5.16. The molecule has 2 aromatic rings. The number of hydrogen-bond acceptors (Lipinski definition) is 1. The molecule has 0 saturated carbocycles. The maximum Gasteiger partial charge on any atom is 0.0230 e. The van der Waals surface area contributed by atoms with E-state index < -0.39 is 0 Å². The molecule has 2 aromatic carbocycles. The molecular formula is C18H25NO. The summed E-state index contributed by atoms with van der Waals surface area (Å²) in [6.07, 6.45) is 1.20. The van der Waals surface area contributed by atoms with Crippen LogP contribution >= 0.6 is 0 Å². The first kappa shape index (κ1) is 16.4. The van der Waals surface area contributed by atoms with Crippen LogP contribution in [0.5, 0.6) is 0 Å². The molecule has 0 unspecified atom stereocenters. The highest BCUT2D eigenvalue weighted by Crippen LogP contribution is 2.18. The standard InChI is InChI=1S/C18H23N.H2O/c1-16(18-11-7-4-8-12-18)13-14-19(2)15-17-9-5-3-6-10-17;/h3-12,16H,13-15H2,1-2H3;1H2/t16-;/m1./s1. The van der Waals surface area contributed by atoms with Crippen LogP contribution in [0.4, 0.5) is 0 Å². The molecule has 2 nitrogen and oxygen atoms in total. The first-order chi connectivity index (χ1) is 9.25. The van der Waals surface area contributed by atoms with E-state index >= 15 is 0 Å². The topological polar surface area (TPSA) is 34.7 Å². The molecule has 20 heavy (non-hydrogen) atoms. The molecule has 0 fully saturated rings. The lowest BCUT2D eigenvalue weighted by Gasteiger charge is -2.19. The summed E-state index contributed by atoms with van der Waals surface area (Å²) in [5.74, 6) is 0.624. The van der Waals surface area contributed by atoms with Gasteiger partial charge in [-0.1, -0.05) is 67.6 Å². The van der Waals surface area contributed by atoms with Gasteiger partial charge in [0.15, 0.2) is 0 Å². The van der Waals surface area contributed by atoms with E-state index in [2.05, 4.69) is 79.5 Å². The Labute approximate surface area is 122 Å². The van der Waals surface area contributed by atoms with Gasteiger partial charge in [0.25, 0.3) is 0 Å². The van der Waals surface area contributed by atoms with E-state index in [0.717, 1.165) is 13.1 Å². The summed E-state index contributed by atoms with van der Waals surface area (Å²) in [5, 5.41) is 0. The summed E-state index contributed by atoms with van der Waals surface area (Å²) in [5.41, 5.74) is 2.83. The highest BCUT2D eigenvalue weighted by atomic mass is 16.0. The van der Waals surface area contributed by atoms with Crippen LogP contribution < -0.4 is 0 Å². The van der Waals surface area contributed by atoms with Crippen molar-refractivity contribution in [1.82, 2.24) is 4.90 Å². The molecule has 0 spiro atoms. The molecule has 0 heterocycles. The van der Waals surface area contributed by atoms with Gasteiger partial charge in [0.1, 0.15) is 0 Å². The molecule has 0 aliphatic heterocycles. The van der Waals surface area contributed by atoms with Crippen LogP contribution in [0.15, 0.2) is 60.7 Å². The third-order valence-corrected chi connectivity index (χ3v) is 3.61.